The highest BCUT2D eigenvalue weighted by molar-refractivity contribution is 5.91. The van der Waals surface area contributed by atoms with Gasteiger partial charge in [-0.15, -0.1) is 0 Å². The molecule has 0 aliphatic heterocycles. The fraction of sp³-hybridized carbons (Fsp3) is 0.158. The summed E-state index contributed by atoms with van der Waals surface area (Å²) < 4.78 is 9.72. The van der Waals surface area contributed by atoms with E-state index in [1.165, 1.54) is 13.2 Å². The molecule has 0 spiro atoms. The molecule has 5 heteroatoms. The molecule has 0 saturated heterocycles. The zero-order chi connectivity index (χ0) is 17.4. The van der Waals surface area contributed by atoms with Crippen LogP contribution in [-0.4, -0.2) is 26.1 Å². The molecule has 0 aromatic heterocycles. The van der Waals surface area contributed by atoms with E-state index in [1.807, 2.05) is 24.3 Å². The van der Waals surface area contributed by atoms with Crippen molar-refractivity contribution in [3.05, 3.63) is 71.3 Å². The van der Waals surface area contributed by atoms with Crippen LogP contribution in [-0.2, 0) is 16.1 Å². The minimum Gasteiger partial charge on any atom is -0.497 e. The molecule has 2 rings (SSSR count). The minimum atomic E-state index is -0.381. The van der Waals surface area contributed by atoms with E-state index in [-0.39, 0.29) is 11.9 Å². The van der Waals surface area contributed by atoms with E-state index in [0.29, 0.717) is 12.1 Å². The first-order valence-electron chi connectivity index (χ1n) is 7.39. The average Bonchev–Trinajstić information content (AvgIpc) is 2.64. The molecule has 0 saturated carbocycles. The smallest absolute Gasteiger partial charge is 0.337 e. The molecule has 0 fully saturated rings. The molecule has 124 valence electrons. The molecule has 0 atom stereocenters. The molecule has 1 N–H and O–H groups in total. The van der Waals surface area contributed by atoms with Gasteiger partial charge in [0.1, 0.15) is 5.75 Å². The number of hydrogen-bond donors (Lipinski definition) is 1. The van der Waals surface area contributed by atoms with Crippen molar-refractivity contribution in [1.82, 2.24) is 5.32 Å². The lowest BCUT2D eigenvalue weighted by molar-refractivity contribution is -0.116. The van der Waals surface area contributed by atoms with Crippen LogP contribution in [0.5, 0.6) is 5.75 Å². The molecule has 0 aliphatic carbocycles. The van der Waals surface area contributed by atoms with Gasteiger partial charge < -0.3 is 14.8 Å². The van der Waals surface area contributed by atoms with Crippen molar-refractivity contribution in [2.45, 2.75) is 6.54 Å². The number of carbonyl (C=O) groups excluding carboxylic acids is 2. The Morgan fingerprint density at radius 1 is 1.00 bits per heavy atom. The number of ether oxygens (including phenoxy) is 2. The molecule has 0 unspecified atom stereocenters. The monoisotopic (exact) mass is 325 g/mol. The van der Waals surface area contributed by atoms with Gasteiger partial charge in [-0.1, -0.05) is 24.3 Å². The van der Waals surface area contributed by atoms with E-state index in [2.05, 4.69) is 10.1 Å². The molecule has 0 radical (unpaired) electrons. The van der Waals surface area contributed by atoms with Crippen LogP contribution < -0.4 is 10.1 Å². The molecule has 5 nitrogen and oxygen atoms in total. The Balaban J connectivity index is 1.86. The Morgan fingerprint density at radius 3 is 2.25 bits per heavy atom. The van der Waals surface area contributed by atoms with Crippen molar-refractivity contribution >= 4 is 18.0 Å². The van der Waals surface area contributed by atoms with Crippen molar-refractivity contribution in [2.75, 3.05) is 14.2 Å². The Labute approximate surface area is 140 Å². The van der Waals surface area contributed by atoms with Crippen LogP contribution >= 0.6 is 0 Å². The van der Waals surface area contributed by atoms with Gasteiger partial charge in [0.2, 0.25) is 5.91 Å². The van der Waals surface area contributed by atoms with Crippen LogP contribution in [0.3, 0.4) is 0 Å². The second-order valence-electron chi connectivity index (χ2n) is 5.01. The van der Waals surface area contributed by atoms with E-state index < -0.39 is 0 Å². The third kappa shape index (κ3) is 4.98. The number of methoxy groups -OCH3 is 2. The maximum Gasteiger partial charge on any atom is 0.337 e. The number of amides is 1. The zero-order valence-corrected chi connectivity index (χ0v) is 13.6. The summed E-state index contributed by atoms with van der Waals surface area (Å²) in [5.74, 6) is 0.197. The highest BCUT2D eigenvalue weighted by atomic mass is 16.5. The second kappa shape index (κ2) is 8.53. The highest BCUT2D eigenvalue weighted by Crippen LogP contribution is 2.12. The first-order chi connectivity index (χ1) is 11.6. The number of esters is 1. The molecular weight excluding hydrogens is 306 g/mol. The SMILES string of the molecule is COC(=O)c1ccc(CNC(=O)/C=C/c2ccc(OC)cc2)cc1. The van der Waals surface area contributed by atoms with Crippen LogP contribution in [0.4, 0.5) is 0 Å². The predicted molar refractivity (Wildman–Crippen MR) is 91.7 cm³/mol. The molecule has 1 amide bonds. The largest absolute Gasteiger partial charge is 0.497 e. The first-order valence-corrected chi connectivity index (χ1v) is 7.39. The van der Waals surface area contributed by atoms with Crippen molar-refractivity contribution < 1.29 is 19.1 Å². The summed E-state index contributed by atoms with van der Waals surface area (Å²) in [4.78, 5) is 23.2. The van der Waals surface area contributed by atoms with Gasteiger partial charge in [0, 0.05) is 12.6 Å². The van der Waals surface area contributed by atoms with Gasteiger partial charge in [-0.05, 0) is 41.5 Å². The summed E-state index contributed by atoms with van der Waals surface area (Å²) in [6.07, 6.45) is 3.21. The summed E-state index contributed by atoms with van der Waals surface area (Å²) in [5, 5.41) is 2.79. The maximum atomic E-state index is 11.8. The molecular formula is C19H19NO4. The summed E-state index contributed by atoms with van der Waals surface area (Å²) in [7, 11) is 2.95. The van der Waals surface area contributed by atoms with Crippen molar-refractivity contribution in [2.24, 2.45) is 0 Å². The molecule has 0 aliphatic rings. The van der Waals surface area contributed by atoms with Gasteiger partial charge in [-0.3, -0.25) is 4.79 Å². The van der Waals surface area contributed by atoms with Crippen LogP contribution in [0.25, 0.3) is 6.08 Å². The fourth-order valence-electron chi connectivity index (χ4n) is 2.01. The van der Waals surface area contributed by atoms with Gasteiger partial charge in [-0.2, -0.15) is 0 Å². The Hall–Kier alpha value is -3.08. The van der Waals surface area contributed by atoms with Crippen LogP contribution in [0, 0.1) is 0 Å². The average molecular weight is 325 g/mol. The summed E-state index contributed by atoms with van der Waals surface area (Å²) in [6.45, 7) is 0.382. The maximum absolute atomic E-state index is 11.8. The van der Waals surface area contributed by atoms with E-state index in [9.17, 15) is 9.59 Å². The van der Waals surface area contributed by atoms with Gasteiger partial charge in [-0.25, -0.2) is 4.79 Å². The predicted octanol–water partition coefficient (Wildman–Crippen LogP) is 2.81. The normalized spacial score (nSPS) is 10.4. The van der Waals surface area contributed by atoms with Gasteiger partial charge in [0.25, 0.3) is 0 Å². The molecule has 24 heavy (non-hydrogen) atoms. The third-order valence-electron chi connectivity index (χ3n) is 3.38. The standard InChI is InChI=1S/C19H19NO4/c1-23-17-10-5-14(6-11-17)7-12-18(21)20-13-15-3-8-16(9-4-15)19(22)24-2/h3-12H,13H2,1-2H3,(H,20,21)/b12-7+. The molecule has 0 bridgehead atoms. The molecule has 0 heterocycles. The Morgan fingerprint density at radius 2 is 1.67 bits per heavy atom. The molecule has 2 aromatic rings. The van der Waals surface area contributed by atoms with Gasteiger partial charge >= 0.3 is 5.97 Å². The van der Waals surface area contributed by atoms with Crippen molar-refractivity contribution in [1.29, 1.82) is 0 Å². The van der Waals surface area contributed by atoms with E-state index in [0.717, 1.165) is 16.9 Å². The Kier molecular flexibility index (Phi) is 6.14. The number of nitrogens with one attached hydrogen (secondary N) is 1. The minimum absolute atomic E-state index is 0.192. The van der Waals surface area contributed by atoms with Crippen LogP contribution in [0.1, 0.15) is 21.5 Å². The topological polar surface area (TPSA) is 64.6 Å². The summed E-state index contributed by atoms with van der Waals surface area (Å²) in [5.41, 5.74) is 2.29. The second-order valence-corrected chi connectivity index (χ2v) is 5.01. The fourth-order valence-corrected chi connectivity index (χ4v) is 2.01. The quantitative estimate of drug-likeness (QED) is 0.655. The summed E-state index contributed by atoms with van der Waals surface area (Å²) in [6, 6.07) is 14.3. The first kappa shape index (κ1) is 17.3. The van der Waals surface area contributed by atoms with Gasteiger partial charge in [0.05, 0.1) is 19.8 Å². The van der Waals surface area contributed by atoms with E-state index in [1.54, 1.807) is 37.5 Å². The lowest BCUT2D eigenvalue weighted by Gasteiger charge is -2.04. The van der Waals surface area contributed by atoms with Crippen LogP contribution in [0.15, 0.2) is 54.6 Å². The summed E-state index contributed by atoms with van der Waals surface area (Å²) >= 11 is 0. The number of benzene rings is 2. The Bertz CT molecular complexity index is 718. The third-order valence-corrected chi connectivity index (χ3v) is 3.38. The highest BCUT2D eigenvalue weighted by Gasteiger charge is 2.04. The lowest BCUT2D eigenvalue weighted by Crippen LogP contribution is -2.20. The lowest BCUT2D eigenvalue weighted by atomic mass is 10.1. The number of carbonyl (C=O) groups is 2. The van der Waals surface area contributed by atoms with Gasteiger partial charge in [0.15, 0.2) is 0 Å². The van der Waals surface area contributed by atoms with E-state index in [4.69, 9.17) is 4.74 Å². The van der Waals surface area contributed by atoms with Crippen molar-refractivity contribution in [3.8, 4) is 5.75 Å². The number of hydrogen-bond acceptors (Lipinski definition) is 4. The van der Waals surface area contributed by atoms with Crippen LogP contribution in [0.2, 0.25) is 0 Å². The zero-order valence-electron chi connectivity index (χ0n) is 13.6. The van der Waals surface area contributed by atoms with E-state index >= 15 is 0 Å². The van der Waals surface area contributed by atoms with Crippen molar-refractivity contribution in [3.63, 3.8) is 0 Å². The molecule has 2 aromatic carbocycles. The number of rotatable bonds is 6.